The largest absolute Gasteiger partial charge is 0.392 e. The number of nitrogens with one attached hydrogen (secondary N) is 1. The lowest BCUT2D eigenvalue weighted by Crippen LogP contribution is -2.29. The molecule has 5 rings (SSSR count). The molecular weight excluding hydrogens is 424 g/mol. The van der Waals surface area contributed by atoms with Gasteiger partial charge in [0.1, 0.15) is 5.60 Å². The minimum Gasteiger partial charge on any atom is -0.392 e. The zero-order chi connectivity index (χ0) is 23.9. The van der Waals surface area contributed by atoms with Crippen LogP contribution in [0.4, 0.5) is 0 Å². The second-order valence-corrected chi connectivity index (χ2v) is 8.76. The van der Waals surface area contributed by atoms with Crippen LogP contribution in [0.2, 0.25) is 0 Å². The van der Waals surface area contributed by atoms with Crippen LogP contribution in [0.5, 0.6) is 0 Å². The number of fused-ring (bicyclic) bond motifs is 2. The van der Waals surface area contributed by atoms with Gasteiger partial charge in [-0.25, -0.2) is 0 Å². The summed E-state index contributed by atoms with van der Waals surface area (Å²) in [5, 5.41) is 22.6. The van der Waals surface area contributed by atoms with Crippen LogP contribution in [-0.4, -0.2) is 21.4 Å². The molecule has 1 aliphatic rings. The Morgan fingerprint density at radius 3 is 2.62 bits per heavy atom. The summed E-state index contributed by atoms with van der Waals surface area (Å²) >= 11 is 0. The predicted octanol–water partition coefficient (Wildman–Crippen LogP) is 4.82. The predicted molar refractivity (Wildman–Crippen MR) is 136 cm³/mol. The van der Waals surface area contributed by atoms with Crippen LogP contribution in [0.1, 0.15) is 41.7 Å². The fourth-order valence-corrected chi connectivity index (χ4v) is 4.58. The lowest BCUT2D eigenvalue weighted by molar-refractivity contribution is 0.121. The molecule has 3 N–H and O–H groups in total. The Kier molecular flexibility index (Phi) is 5.52. The van der Waals surface area contributed by atoms with E-state index in [0.29, 0.717) is 16.7 Å². The molecule has 0 radical (unpaired) electrons. The van der Waals surface area contributed by atoms with Crippen molar-refractivity contribution in [1.29, 1.82) is 0 Å². The molecule has 0 fully saturated rings. The number of aromatic nitrogens is 1. The number of rotatable bonds is 6. The van der Waals surface area contributed by atoms with Gasteiger partial charge in [-0.1, -0.05) is 42.5 Å². The number of aliphatic hydroxyl groups excluding tert-OH is 1. The minimum atomic E-state index is -1.39. The number of H-pyrrole nitrogens is 1. The van der Waals surface area contributed by atoms with Gasteiger partial charge in [0.2, 0.25) is 5.56 Å². The van der Waals surface area contributed by atoms with Gasteiger partial charge >= 0.3 is 0 Å². The Labute approximate surface area is 197 Å². The average molecular weight is 451 g/mol. The van der Waals surface area contributed by atoms with E-state index in [1.165, 1.54) is 11.1 Å². The Hall–Kier alpha value is -3.80. The number of hydrogen-bond donors (Lipinski definition) is 3. The number of nitrogens with zero attached hydrogens (tertiary/aromatic N) is 1. The minimum absolute atomic E-state index is 0.0831. The van der Waals surface area contributed by atoms with Crippen LogP contribution in [0.25, 0.3) is 22.0 Å². The van der Waals surface area contributed by atoms with Crippen molar-refractivity contribution in [2.45, 2.75) is 32.5 Å². The lowest BCUT2D eigenvalue weighted by Gasteiger charge is -2.30. The summed E-state index contributed by atoms with van der Waals surface area (Å²) in [6, 6.07) is 20.8. The van der Waals surface area contributed by atoms with E-state index in [1.807, 2.05) is 62.4 Å². The fourth-order valence-electron chi connectivity index (χ4n) is 4.58. The Bertz CT molecular complexity index is 1530. The maximum absolute atomic E-state index is 12.4. The van der Waals surface area contributed by atoms with Crippen LogP contribution in [0.3, 0.4) is 0 Å². The second kappa shape index (κ2) is 8.52. The third-order valence-electron chi connectivity index (χ3n) is 6.55. The molecule has 1 aliphatic carbocycles. The van der Waals surface area contributed by atoms with Gasteiger partial charge < -0.3 is 15.2 Å². The van der Waals surface area contributed by atoms with Gasteiger partial charge in [-0.15, -0.1) is 0 Å². The monoisotopic (exact) mass is 450 g/mol. The molecule has 0 saturated carbocycles. The van der Waals surface area contributed by atoms with Crippen molar-refractivity contribution in [2.75, 3.05) is 0 Å². The van der Waals surface area contributed by atoms with Gasteiger partial charge in [0.15, 0.2) is 0 Å². The summed E-state index contributed by atoms with van der Waals surface area (Å²) in [5.74, 6) is 0. The molecule has 5 heteroatoms. The summed E-state index contributed by atoms with van der Waals surface area (Å²) in [4.78, 5) is 19.6. The highest BCUT2D eigenvalue weighted by molar-refractivity contribution is 5.95. The van der Waals surface area contributed by atoms with Gasteiger partial charge in [0.05, 0.1) is 6.61 Å². The van der Waals surface area contributed by atoms with Gasteiger partial charge in [-0.05, 0) is 83.0 Å². The third-order valence-corrected chi connectivity index (χ3v) is 6.55. The van der Waals surface area contributed by atoms with E-state index in [-0.39, 0.29) is 12.2 Å². The van der Waals surface area contributed by atoms with E-state index in [2.05, 4.69) is 22.1 Å². The summed E-state index contributed by atoms with van der Waals surface area (Å²) in [5.41, 5.74) is 6.14. The average Bonchev–Trinajstić information content (AvgIpc) is 3.65. The van der Waals surface area contributed by atoms with E-state index < -0.39 is 5.60 Å². The molecule has 1 unspecified atom stereocenters. The van der Waals surface area contributed by atoms with Crippen molar-refractivity contribution in [3.8, 4) is 11.1 Å². The standard InChI is InChI=1S/C29H26N2O3/c1-3-30-16-18(2)29(34,23-8-7-20-12-22(20)13-23)24-9-10-27-26(14-24)25(15-28(33)31-27)21-6-4-5-19(11-21)17-32/h3-11,13-16,32,34H,12,17H2,1-2H3,(H,31,33)/b18-16+,30-3?. The molecule has 34 heavy (non-hydrogen) atoms. The molecule has 0 aliphatic heterocycles. The van der Waals surface area contributed by atoms with Crippen molar-refractivity contribution in [3.05, 3.63) is 117 Å². The highest BCUT2D eigenvalue weighted by Crippen LogP contribution is 2.41. The molecule has 3 aromatic carbocycles. The smallest absolute Gasteiger partial charge is 0.249 e. The van der Waals surface area contributed by atoms with Crippen molar-refractivity contribution in [3.63, 3.8) is 0 Å². The zero-order valence-corrected chi connectivity index (χ0v) is 19.2. The highest BCUT2D eigenvalue weighted by atomic mass is 16.3. The van der Waals surface area contributed by atoms with E-state index >= 15 is 0 Å². The molecule has 0 amide bonds. The van der Waals surface area contributed by atoms with E-state index in [4.69, 9.17) is 0 Å². The molecule has 1 heterocycles. The van der Waals surface area contributed by atoms with Crippen LogP contribution in [0, 0.1) is 0 Å². The summed E-state index contributed by atoms with van der Waals surface area (Å²) in [6.45, 7) is 3.63. The second-order valence-electron chi connectivity index (χ2n) is 8.76. The van der Waals surface area contributed by atoms with Crippen molar-refractivity contribution in [1.82, 2.24) is 4.98 Å². The first-order valence-corrected chi connectivity index (χ1v) is 11.3. The fraction of sp³-hybridized carbons (Fsp3) is 0.172. The first kappa shape index (κ1) is 22.0. The van der Waals surface area contributed by atoms with E-state index in [9.17, 15) is 15.0 Å². The number of aliphatic hydroxyl groups is 2. The third kappa shape index (κ3) is 3.79. The molecule has 4 aromatic rings. The van der Waals surface area contributed by atoms with E-state index in [1.54, 1.807) is 18.5 Å². The van der Waals surface area contributed by atoms with Gasteiger partial charge in [-0.3, -0.25) is 9.79 Å². The van der Waals surface area contributed by atoms with Crippen LogP contribution in [0.15, 0.2) is 88.3 Å². The summed E-state index contributed by atoms with van der Waals surface area (Å²) < 4.78 is 0. The number of pyridine rings is 1. The topological polar surface area (TPSA) is 85.7 Å². The van der Waals surface area contributed by atoms with Gasteiger partial charge in [0.25, 0.3) is 0 Å². The molecule has 1 aromatic heterocycles. The van der Waals surface area contributed by atoms with Gasteiger partial charge in [-0.2, -0.15) is 0 Å². The molecule has 0 spiro atoms. The SMILES string of the molecule is CC=N/C=C(\C)C(O)(c1ccc2c(c1)C2)c1ccc2[nH]c(=O)cc(-c3cccc(CO)c3)c2c1. The van der Waals surface area contributed by atoms with Crippen LogP contribution >= 0.6 is 0 Å². The van der Waals surface area contributed by atoms with E-state index in [0.717, 1.165) is 34.1 Å². The molecular formula is C29H26N2O3. The quantitative estimate of drug-likeness (QED) is 0.324. The van der Waals surface area contributed by atoms with Crippen molar-refractivity contribution < 1.29 is 10.2 Å². The highest BCUT2D eigenvalue weighted by Gasteiger charge is 2.36. The Balaban J connectivity index is 1.76. The normalized spacial score (nSPS) is 14.9. The molecule has 5 nitrogen and oxygen atoms in total. The number of aliphatic imine (C=N–C) groups is 1. The molecule has 1 atom stereocenters. The Morgan fingerprint density at radius 2 is 1.85 bits per heavy atom. The first-order chi connectivity index (χ1) is 16.4. The number of aromatic amines is 1. The molecule has 0 bridgehead atoms. The first-order valence-electron chi connectivity index (χ1n) is 11.3. The maximum atomic E-state index is 12.4. The van der Waals surface area contributed by atoms with Gasteiger partial charge in [0, 0.05) is 29.4 Å². The molecule has 0 saturated heterocycles. The maximum Gasteiger partial charge on any atom is 0.249 e. The van der Waals surface area contributed by atoms with Crippen molar-refractivity contribution >= 4 is 17.1 Å². The van der Waals surface area contributed by atoms with Crippen LogP contribution < -0.4 is 5.56 Å². The number of hydrogen-bond acceptors (Lipinski definition) is 4. The van der Waals surface area contributed by atoms with Crippen molar-refractivity contribution in [2.24, 2.45) is 4.99 Å². The zero-order valence-electron chi connectivity index (χ0n) is 19.2. The van der Waals surface area contributed by atoms with Crippen LogP contribution in [-0.2, 0) is 18.6 Å². The molecule has 170 valence electrons. The number of benzene rings is 3. The lowest BCUT2D eigenvalue weighted by atomic mass is 9.80. The summed E-state index contributed by atoms with van der Waals surface area (Å²) in [7, 11) is 0. The summed E-state index contributed by atoms with van der Waals surface area (Å²) in [6.07, 6.45) is 4.33. The Morgan fingerprint density at radius 1 is 1.06 bits per heavy atom.